The maximum Gasteiger partial charge on any atom is 0.227 e. The van der Waals surface area contributed by atoms with Gasteiger partial charge in [0.1, 0.15) is 12.0 Å². The third-order valence-electron chi connectivity index (χ3n) is 3.49. The molecule has 0 radical (unpaired) electrons. The summed E-state index contributed by atoms with van der Waals surface area (Å²) in [6, 6.07) is 1.76. The van der Waals surface area contributed by atoms with Crippen LogP contribution < -0.4 is 5.73 Å². The van der Waals surface area contributed by atoms with Gasteiger partial charge in [0.2, 0.25) is 11.7 Å². The molecule has 0 aliphatic rings. The van der Waals surface area contributed by atoms with Gasteiger partial charge in [0.15, 0.2) is 0 Å². The van der Waals surface area contributed by atoms with Crippen molar-refractivity contribution < 1.29 is 4.52 Å². The number of hydrogen-bond donors (Lipinski definition) is 1. The van der Waals surface area contributed by atoms with Crippen molar-refractivity contribution in [1.82, 2.24) is 20.1 Å². The molecule has 0 fully saturated rings. The average Bonchev–Trinajstić information content (AvgIpc) is 2.93. The Morgan fingerprint density at radius 2 is 2.15 bits per heavy atom. The molecule has 0 spiro atoms. The van der Waals surface area contributed by atoms with Gasteiger partial charge in [-0.25, -0.2) is 9.97 Å². The van der Waals surface area contributed by atoms with Crippen LogP contribution in [0.25, 0.3) is 11.5 Å². The Balaban J connectivity index is 1.96. The highest BCUT2D eigenvalue weighted by atomic mass is 16.5. The fraction of sp³-hybridized carbons (Fsp3) is 0.571. The van der Waals surface area contributed by atoms with Crippen LogP contribution in [0.2, 0.25) is 0 Å². The van der Waals surface area contributed by atoms with E-state index < -0.39 is 0 Å². The van der Waals surface area contributed by atoms with Gasteiger partial charge >= 0.3 is 0 Å². The van der Waals surface area contributed by atoms with Crippen molar-refractivity contribution in [2.45, 2.75) is 33.1 Å². The Morgan fingerprint density at radius 3 is 2.80 bits per heavy atom. The van der Waals surface area contributed by atoms with Crippen LogP contribution in [0, 0.1) is 11.8 Å². The van der Waals surface area contributed by atoms with E-state index in [1.807, 2.05) is 0 Å². The smallest absolute Gasteiger partial charge is 0.227 e. The monoisotopic (exact) mass is 275 g/mol. The van der Waals surface area contributed by atoms with Crippen LogP contribution in [0.5, 0.6) is 0 Å². The first kappa shape index (κ1) is 14.6. The van der Waals surface area contributed by atoms with Crippen molar-refractivity contribution in [3.8, 4) is 11.5 Å². The van der Waals surface area contributed by atoms with Gasteiger partial charge in [-0.15, -0.1) is 0 Å². The van der Waals surface area contributed by atoms with Crippen molar-refractivity contribution in [1.29, 1.82) is 0 Å². The van der Waals surface area contributed by atoms with E-state index in [-0.39, 0.29) is 0 Å². The van der Waals surface area contributed by atoms with Crippen LogP contribution in [0.3, 0.4) is 0 Å². The zero-order chi connectivity index (χ0) is 14.4. The quantitative estimate of drug-likeness (QED) is 0.832. The zero-order valence-electron chi connectivity index (χ0n) is 12.0. The van der Waals surface area contributed by atoms with Gasteiger partial charge in [0, 0.05) is 12.6 Å². The normalized spacial score (nSPS) is 12.8. The highest BCUT2D eigenvalue weighted by Gasteiger charge is 2.15. The van der Waals surface area contributed by atoms with Gasteiger partial charge in [0.25, 0.3) is 0 Å². The maximum absolute atomic E-state index is 5.65. The summed E-state index contributed by atoms with van der Waals surface area (Å²) < 4.78 is 5.27. The third-order valence-corrected chi connectivity index (χ3v) is 3.49. The van der Waals surface area contributed by atoms with E-state index in [1.54, 1.807) is 12.3 Å². The first-order valence-corrected chi connectivity index (χ1v) is 6.99. The van der Waals surface area contributed by atoms with E-state index in [0.29, 0.717) is 29.2 Å². The Kier molecular flexibility index (Phi) is 5.17. The number of rotatable bonds is 7. The van der Waals surface area contributed by atoms with Crippen molar-refractivity contribution >= 4 is 0 Å². The maximum atomic E-state index is 5.65. The molecule has 6 heteroatoms. The molecule has 2 aromatic heterocycles. The molecular formula is C14H21N5O. The fourth-order valence-electron chi connectivity index (χ4n) is 2.22. The molecule has 0 aromatic carbocycles. The number of hydrogen-bond acceptors (Lipinski definition) is 6. The Hall–Kier alpha value is -1.82. The van der Waals surface area contributed by atoms with Gasteiger partial charge in [0.05, 0.1) is 0 Å². The van der Waals surface area contributed by atoms with Gasteiger partial charge in [-0.3, -0.25) is 0 Å². The molecule has 0 aliphatic carbocycles. The second kappa shape index (κ2) is 7.09. The van der Waals surface area contributed by atoms with Gasteiger partial charge < -0.3 is 10.3 Å². The van der Waals surface area contributed by atoms with Gasteiger partial charge in [-0.2, -0.15) is 4.98 Å². The van der Waals surface area contributed by atoms with Gasteiger partial charge in [-0.1, -0.05) is 19.0 Å². The molecule has 1 unspecified atom stereocenters. The molecule has 0 saturated heterocycles. The number of aromatic nitrogens is 4. The van der Waals surface area contributed by atoms with Crippen LogP contribution in [0.15, 0.2) is 23.1 Å². The molecule has 2 N–H and O–H groups in total. The van der Waals surface area contributed by atoms with Crippen LogP contribution in [-0.2, 0) is 6.42 Å². The Bertz CT molecular complexity index is 511. The second-order valence-corrected chi connectivity index (χ2v) is 5.23. The summed E-state index contributed by atoms with van der Waals surface area (Å²) >= 11 is 0. The van der Waals surface area contributed by atoms with Crippen LogP contribution >= 0.6 is 0 Å². The number of aryl methyl sites for hydroxylation is 1. The molecule has 2 rings (SSSR count). The summed E-state index contributed by atoms with van der Waals surface area (Å²) in [5, 5.41) is 3.95. The van der Waals surface area contributed by atoms with Crippen molar-refractivity contribution in [3.63, 3.8) is 0 Å². The molecular weight excluding hydrogens is 254 g/mol. The summed E-state index contributed by atoms with van der Waals surface area (Å²) in [6.07, 6.45) is 5.96. The zero-order valence-corrected chi connectivity index (χ0v) is 12.0. The predicted octanol–water partition coefficient (Wildman–Crippen LogP) is 2.08. The highest BCUT2D eigenvalue weighted by molar-refractivity contribution is 5.46. The van der Waals surface area contributed by atoms with E-state index in [2.05, 4.69) is 34.0 Å². The summed E-state index contributed by atoms with van der Waals surface area (Å²) in [7, 11) is 0. The molecule has 1 atom stereocenters. The SMILES string of the molecule is CC(C)C(CCN)CCc1nc(-c2ccncn2)no1. The fourth-order valence-corrected chi connectivity index (χ4v) is 2.22. The first-order valence-electron chi connectivity index (χ1n) is 6.99. The lowest BCUT2D eigenvalue weighted by Crippen LogP contribution is -2.15. The largest absolute Gasteiger partial charge is 0.339 e. The molecule has 0 aliphatic heterocycles. The minimum Gasteiger partial charge on any atom is -0.339 e. The molecule has 108 valence electrons. The Labute approximate surface area is 118 Å². The van der Waals surface area contributed by atoms with Crippen molar-refractivity contribution in [2.24, 2.45) is 17.6 Å². The third kappa shape index (κ3) is 3.84. The van der Waals surface area contributed by atoms with Crippen molar-refractivity contribution in [2.75, 3.05) is 6.54 Å². The molecule has 20 heavy (non-hydrogen) atoms. The standard InChI is InChI=1S/C14H21N5O/c1-10(2)11(5-7-15)3-4-13-18-14(19-20-13)12-6-8-16-9-17-12/h6,8-11H,3-5,7,15H2,1-2H3. The summed E-state index contributed by atoms with van der Waals surface area (Å²) in [6.45, 7) is 5.17. The minimum atomic E-state index is 0.516. The van der Waals surface area contributed by atoms with Crippen LogP contribution in [-0.4, -0.2) is 26.7 Å². The number of nitrogens with zero attached hydrogens (tertiary/aromatic N) is 4. The lowest BCUT2D eigenvalue weighted by atomic mass is 9.88. The Morgan fingerprint density at radius 1 is 1.30 bits per heavy atom. The molecule has 0 bridgehead atoms. The summed E-state index contributed by atoms with van der Waals surface area (Å²) in [5.74, 6) is 2.38. The minimum absolute atomic E-state index is 0.516. The van der Waals surface area contributed by atoms with E-state index in [0.717, 1.165) is 25.8 Å². The van der Waals surface area contributed by atoms with Crippen LogP contribution in [0.4, 0.5) is 0 Å². The lowest BCUT2D eigenvalue weighted by molar-refractivity contribution is 0.313. The van der Waals surface area contributed by atoms with E-state index in [9.17, 15) is 0 Å². The predicted molar refractivity (Wildman–Crippen MR) is 75.6 cm³/mol. The van der Waals surface area contributed by atoms with Gasteiger partial charge in [-0.05, 0) is 37.3 Å². The number of nitrogens with two attached hydrogens (primary N) is 1. The van der Waals surface area contributed by atoms with Crippen molar-refractivity contribution in [3.05, 3.63) is 24.5 Å². The first-order chi connectivity index (χ1) is 9.70. The highest BCUT2D eigenvalue weighted by Crippen LogP contribution is 2.21. The van der Waals surface area contributed by atoms with E-state index >= 15 is 0 Å². The van der Waals surface area contributed by atoms with E-state index in [4.69, 9.17) is 10.3 Å². The molecule has 2 heterocycles. The molecule has 0 saturated carbocycles. The second-order valence-electron chi connectivity index (χ2n) is 5.23. The van der Waals surface area contributed by atoms with E-state index in [1.165, 1.54) is 6.33 Å². The average molecular weight is 275 g/mol. The summed E-state index contributed by atoms with van der Waals surface area (Å²) in [4.78, 5) is 12.3. The summed E-state index contributed by atoms with van der Waals surface area (Å²) in [5.41, 5.74) is 6.33. The molecule has 2 aromatic rings. The topological polar surface area (TPSA) is 90.7 Å². The van der Waals surface area contributed by atoms with Crippen LogP contribution in [0.1, 0.15) is 32.6 Å². The molecule has 6 nitrogen and oxygen atoms in total. The molecule has 0 amide bonds. The lowest BCUT2D eigenvalue weighted by Gasteiger charge is -2.18.